The summed E-state index contributed by atoms with van der Waals surface area (Å²) in [7, 11) is 0. The van der Waals surface area contributed by atoms with Crippen LogP contribution < -0.4 is 11.5 Å². The van der Waals surface area contributed by atoms with Crippen molar-refractivity contribution in [3.05, 3.63) is 0 Å². The summed E-state index contributed by atoms with van der Waals surface area (Å²) in [4.78, 5) is 9.65. The highest BCUT2D eigenvalue weighted by Crippen LogP contribution is 1.67. The molecular formula is C5H14N2O4. The normalized spacial score (nSPS) is 7.91. The number of aliphatic hydroxyl groups is 2. The van der Waals surface area contributed by atoms with Crippen LogP contribution in [0.3, 0.4) is 0 Å². The lowest BCUT2D eigenvalue weighted by molar-refractivity contribution is 0.127. The van der Waals surface area contributed by atoms with E-state index in [-0.39, 0.29) is 19.8 Å². The third-order valence-corrected chi connectivity index (χ3v) is 0.465. The Labute approximate surface area is 64.7 Å². The Morgan fingerprint density at radius 1 is 1.36 bits per heavy atom. The van der Waals surface area contributed by atoms with E-state index in [1.165, 1.54) is 0 Å². The van der Waals surface area contributed by atoms with Gasteiger partial charge in [-0.25, -0.2) is 4.79 Å². The van der Waals surface area contributed by atoms with E-state index in [2.05, 4.69) is 10.5 Å². The Kier molecular flexibility index (Phi) is 13.8. The van der Waals surface area contributed by atoms with Gasteiger partial charge in [0.2, 0.25) is 0 Å². The van der Waals surface area contributed by atoms with E-state index in [0.29, 0.717) is 6.54 Å². The number of primary amides is 1. The van der Waals surface area contributed by atoms with Gasteiger partial charge in [-0.3, -0.25) is 0 Å². The fourth-order valence-electron chi connectivity index (χ4n) is 0.146. The van der Waals surface area contributed by atoms with Crippen molar-refractivity contribution in [1.82, 2.24) is 0 Å². The first-order valence-electron chi connectivity index (χ1n) is 3.03. The first-order valence-corrected chi connectivity index (χ1v) is 3.03. The predicted molar refractivity (Wildman–Crippen MR) is 38.8 cm³/mol. The summed E-state index contributed by atoms with van der Waals surface area (Å²) < 4.78 is 4.08. The number of carbonyl (C=O) groups excluding carboxylic acids is 1. The predicted octanol–water partition coefficient (Wildman–Crippen LogP) is -1.99. The van der Waals surface area contributed by atoms with Crippen molar-refractivity contribution in [2.75, 3.05) is 26.4 Å². The quantitative estimate of drug-likeness (QED) is 0.387. The number of hydrogen-bond acceptors (Lipinski definition) is 5. The molecule has 0 atom stereocenters. The number of hydrogen-bond donors (Lipinski definition) is 4. The van der Waals surface area contributed by atoms with E-state index in [1.54, 1.807) is 0 Å². The third kappa shape index (κ3) is 27.2. The summed E-state index contributed by atoms with van der Waals surface area (Å²) in [5.41, 5.74) is 9.28. The zero-order valence-electron chi connectivity index (χ0n) is 6.19. The van der Waals surface area contributed by atoms with Gasteiger partial charge in [0.15, 0.2) is 0 Å². The Balaban J connectivity index is 0. The lowest BCUT2D eigenvalue weighted by Gasteiger charge is -1.92. The summed E-state index contributed by atoms with van der Waals surface area (Å²) in [6, 6.07) is 0. The third-order valence-electron chi connectivity index (χ3n) is 0.465. The molecule has 68 valence electrons. The average Bonchev–Trinajstić information content (AvgIpc) is 2.01. The van der Waals surface area contributed by atoms with Crippen molar-refractivity contribution in [3.8, 4) is 0 Å². The SMILES string of the molecule is NC(=O)OCCO.NCCO. The molecule has 0 rings (SSSR count). The highest BCUT2D eigenvalue weighted by atomic mass is 16.6. The maximum absolute atomic E-state index is 9.65. The topological polar surface area (TPSA) is 119 Å². The van der Waals surface area contributed by atoms with Gasteiger partial charge in [0.1, 0.15) is 6.61 Å². The van der Waals surface area contributed by atoms with Crippen LogP contribution in [0.25, 0.3) is 0 Å². The van der Waals surface area contributed by atoms with Crippen LogP contribution in [0.5, 0.6) is 0 Å². The Hall–Kier alpha value is -0.850. The van der Waals surface area contributed by atoms with Gasteiger partial charge in [0, 0.05) is 6.54 Å². The fourth-order valence-corrected chi connectivity index (χ4v) is 0.146. The van der Waals surface area contributed by atoms with Crippen LogP contribution in [0.1, 0.15) is 0 Å². The summed E-state index contributed by atoms with van der Waals surface area (Å²) in [5, 5.41) is 15.7. The molecule has 0 aliphatic carbocycles. The van der Waals surface area contributed by atoms with Gasteiger partial charge in [-0.05, 0) is 0 Å². The fraction of sp³-hybridized carbons (Fsp3) is 0.800. The average molecular weight is 166 g/mol. The number of nitrogens with two attached hydrogens (primary N) is 2. The zero-order chi connectivity index (χ0) is 9.11. The maximum Gasteiger partial charge on any atom is 0.404 e. The van der Waals surface area contributed by atoms with Gasteiger partial charge < -0.3 is 26.4 Å². The molecule has 0 aromatic heterocycles. The molecule has 0 aromatic rings. The van der Waals surface area contributed by atoms with Crippen LogP contribution in [0, 0.1) is 0 Å². The van der Waals surface area contributed by atoms with Crippen molar-refractivity contribution in [3.63, 3.8) is 0 Å². The Bertz CT molecular complexity index is 86.6. The van der Waals surface area contributed by atoms with Crippen molar-refractivity contribution >= 4 is 6.09 Å². The van der Waals surface area contributed by atoms with Crippen LogP contribution >= 0.6 is 0 Å². The number of rotatable bonds is 3. The molecule has 0 aromatic carbocycles. The molecule has 0 fully saturated rings. The van der Waals surface area contributed by atoms with Crippen LogP contribution in [0.4, 0.5) is 4.79 Å². The minimum absolute atomic E-state index is 0.0185. The van der Waals surface area contributed by atoms with Gasteiger partial charge in [-0.1, -0.05) is 0 Å². The smallest absolute Gasteiger partial charge is 0.404 e. The van der Waals surface area contributed by atoms with Gasteiger partial charge >= 0.3 is 6.09 Å². The molecule has 0 radical (unpaired) electrons. The molecule has 1 amide bonds. The van der Waals surface area contributed by atoms with Crippen LogP contribution in [0.2, 0.25) is 0 Å². The first-order chi connectivity index (χ1) is 5.18. The second-order valence-electron chi connectivity index (χ2n) is 1.40. The minimum Gasteiger partial charge on any atom is -0.447 e. The second kappa shape index (κ2) is 11.9. The number of carbonyl (C=O) groups is 1. The highest BCUT2D eigenvalue weighted by molar-refractivity contribution is 5.64. The minimum atomic E-state index is -0.853. The van der Waals surface area contributed by atoms with E-state index in [1.807, 2.05) is 0 Å². The molecule has 6 heteroatoms. The molecule has 0 heterocycles. The van der Waals surface area contributed by atoms with Crippen LogP contribution in [-0.4, -0.2) is 42.7 Å². The largest absolute Gasteiger partial charge is 0.447 e. The molecule has 0 saturated heterocycles. The lowest BCUT2D eigenvalue weighted by Crippen LogP contribution is -2.15. The molecule has 6 nitrogen and oxygen atoms in total. The molecule has 0 saturated carbocycles. The van der Waals surface area contributed by atoms with Gasteiger partial charge in [-0.2, -0.15) is 0 Å². The summed E-state index contributed by atoms with van der Waals surface area (Å²) >= 11 is 0. The number of aliphatic hydroxyl groups excluding tert-OH is 2. The van der Waals surface area contributed by atoms with E-state index < -0.39 is 6.09 Å². The Morgan fingerprint density at radius 3 is 1.91 bits per heavy atom. The molecule has 0 unspecified atom stereocenters. The molecule has 0 spiro atoms. The van der Waals surface area contributed by atoms with Crippen molar-refractivity contribution in [2.24, 2.45) is 11.5 Å². The lowest BCUT2D eigenvalue weighted by atomic mass is 10.8. The van der Waals surface area contributed by atoms with Gasteiger partial charge in [0.05, 0.1) is 13.2 Å². The molecular weight excluding hydrogens is 152 g/mol. The first kappa shape index (κ1) is 12.8. The van der Waals surface area contributed by atoms with Crippen LogP contribution in [0.15, 0.2) is 0 Å². The number of amides is 1. The maximum atomic E-state index is 9.65. The molecule has 6 N–H and O–H groups in total. The Morgan fingerprint density at radius 2 is 1.82 bits per heavy atom. The monoisotopic (exact) mass is 166 g/mol. The van der Waals surface area contributed by atoms with Gasteiger partial charge in [0.25, 0.3) is 0 Å². The van der Waals surface area contributed by atoms with Crippen molar-refractivity contribution in [2.45, 2.75) is 0 Å². The zero-order valence-corrected chi connectivity index (χ0v) is 6.19. The summed E-state index contributed by atoms with van der Waals surface area (Å²) in [6.45, 7) is 0.276. The van der Waals surface area contributed by atoms with E-state index in [4.69, 9.17) is 15.9 Å². The second-order valence-corrected chi connectivity index (χ2v) is 1.40. The van der Waals surface area contributed by atoms with E-state index in [9.17, 15) is 4.79 Å². The van der Waals surface area contributed by atoms with E-state index in [0.717, 1.165) is 0 Å². The highest BCUT2D eigenvalue weighted by Gasteiger charge is 1.87. The van der Waals surface area contributed by atoms with Gasteiger partial charge in [-0.15, -0.1) is 0 Å². The standard InChI is InChI=1S/C3H7NO3.C2H7NO/c4-3(6)7-2-1-5;3-1-2-4/h5H,1-2H2,(H2,4,6);4H,1-3H2. The molecule has 0 aliphatic rings. The number of ether oxygens (including phenoxy) is 1. The van der Waals surface area contributed by atoms with E-state index >= 15 is 0 Å². The van der Waals surface area contributed by atoms with Crippen molar-refractivity contribution < 1.29 is 19.7 Å². The van der Waals surface area contributed by atoms with Crippen molar-refractivity contribution in [1.29, 1.82) is 0 Å². The molecule has 0 aliphatic heterocycles. The van der Waals surface area contributed by atoms with Crippen LogP contribution in [-0.2, 0) is 4.74 Å². The summed E-state index contributed by atoms with van der Waals surface area (Å²) in [6.07, 6.45) is -0.853. The molecule has 11 heavy (non-hydrogen) atoms. The summed E-state index contributed by atoms with van der Waals surface area (Å²) in [5.74, 6) is 0. The molecule has 0 bridgehead atoms.